The molecule has 0 spiro atoms. The summed E-state index contributed by atoms with van der Waals surface area (Å²) >= 11 is 0. The molecule has 2 heterocycles. The standard InChI is InChI=1S/C8H10O2/c1-2-8-6(10-8)4-3-5-7(8)9-5/h6H,2-4H2,1H3. The Morgan fingerprint density at radius 2 is 2.60 bits per heavy atom. The molecule has 0 bridgehead atoms. The van der Waals surface area contributed by atoms with Crippen molar-refractivity contribution in [2.45, 2.75) is 37.9 Å². The van der Waals surface area contributed by atoms with Crippen LogP contribution < -0.4 is 0 Å². The molecule has 0 saturated carbocycles. The van der Waals surface area contributed by atoms with Crippen molar-refractivity contribution in [1.82, 2.24) is 0 Å². The smallest absolute Gasteiger partial charge is 0.176 e. The number of allylic oxidation sites excluding steroid dienone is 1. The van der Waals surface area contributed by atoms with E-state index < -0.39 is 0 Å². The highest BCUT2D eigenvalue weighted by molar-refractivity contribution is 5.38. The first-order chi connectivity index (χ1) is 4.87. The van der Waals surface area contributed by atoms with E-state index in [0.717, 1.165) is 12.8 Å². The van der Waals surface area contributed by atoms with Crippen LogP contribution >= 0.6 is 0 Å². The lowest BCUT2D eigenvalue weighted by Gasteiger charge is -2.01. The molecule has 0 amide bonds. The summed E-state index contributed by atoms with van der Waals surface area (Å²) in [7, 11) is 0. The Morgan fingerprint density at radius 3 is 3.30 bits per heavy atom. The van der Waals surface area contributed by atoms with E-state index in [1.165, 1.54) is 17.9 Å². The zero-order chi connectivity index (χ0) is 6.77. The van der Waals surface area contributed by atoms with Gasteiger partial charge < -0.3 is 9.47 Å². The van der Waals surface area contributed by atoms with Gasteiger partial charge >= 0.3 is 0 Å². The normalized spacial score (nSPS) is 47.5. The minimum absolute atomic E-state index is 0.0770. The van der Waals surface area contributed by atoms with Crippen LogP contribution in [-0.2, 0) is 9.47 Å². The summed E-state index contributed by atoms with van der Waals surface area (Å²) in [5, 5.41) is 0. The van der Waals surface area contributed by atoms with Gasteiger partial charge in [-0.3, -0.25) is 0 Å². The molecule has 0 N–H and O–H groups in total. The highest BCUT2D eigenvalue weighted by Gasteiger charge is 2.66. The fourth-order valence-corrected chi connectivity index (χ4v) is 2.03. The Morgan fingerprint density at radius 1 is 1.70 bits per heavy atom. The van der Waals surface area contributed by atoms with Gasteiger partial charge in [0.05, 0.1) is 6.10 Å². The van der Waals surface area contributed by atoms with Gasteiger partial charge in [-0.2, -0.15) is 0 Å². The maximum atomic E-state index is 5.59. The minimum Gasteiger partial charge on any atom is -0.456 e. The van der Waals surface area contributed by atoms with Crippen molar-refractivity contribution in [3.8, 4) is 0 Å². The number of epoxide rings is 1. The van der Waals surface area contributed by atoms with Crippen LogP contribution in [-0.4, -0.2) is 11.7 Å². The van der Waals surface area contributed by atoms with Crippen LogP contribution in [0.15, 0.2) is 11.5 Å². The molecule has 3 rings (SSSR count). The molecule has 0 aromatic heterocycles. The lowest BCUT2D eigenvalue weighted by molar-refractivity contribution is 0.271. The summed E-state index contributed by atoms with van der Waals surface area (Å²) in [6, 6.07) is 0. The predicted octanol–water partition coefficient (Wildman–Crippen LogP) is 1.57. The van der Waals surface area contributed by atoms with Crippen molar-refractivity contribution >= 4 is 0 Å². The lowest BCUT2D eigenvalue weighted by Crippen LogP contribution is -2.14. The van der Waals surface area contributed by atoms with E-state index in [1.807, 2.05) is 0 Å². The monoisotopic (exact) mass is 138 g/mol. The van der Waals surface area contributed by atoms with Crippen LogP contribution in [0.25, 0.3) is 0 Å². The van der Waals surface area contributed by atoms with E-state index in [1.54, 1.807) is 0 Å². The van der Waals surface area contributed by atoms with Crippen LogP contribution in [0.5, 0.6) is 0 Å². The van der Waals surface area contributed by atoms with Gasteiger partial charge in [0, 0.05) is 6.42 Å². The highest BCUT2D eigenvalue weighted by atomic mass is 16.7. The molecule has 1 aliphatic carbocycles. The quantitative estimate of drug-likeness (QED) is 0.514. The third kappa shape index (κ3) is 0.390. The summed E-state index contributed by atoms with van der Waals surface area (Å²) in [5.74, 6) is 2.39. The Balaban J connectivity index is 2.01. The van der Waals surface area contributed by atoms with Crippen LogP contribution in [0.2, 0.25) is 0 Å². The van der Waals surface area contributed by atoms with Gasteiger partial charge in [-0.1, -0.05) is 6.92 Å². The molecule has 2 nitrogen and oxygen atoms in total. The first-order valence-corrected chi connectivity index (χ1v) is 3.96. The summed E-state index contributed by atoms with van der Waals surface area (Å²) in [5.41, 5.74) is 0.0770. The second-order valence-electron chi connectivity index (χ2n) is 3.24. The predicted molar refractivity (Wildman–Crippen MR) is 35.2 cm³/mol. The molecule has 2 heteroatoms. The van der Waals surface area contributed by atoms with Gasteiger partial charge in [0.1, 0.15) is 5.76 Å². The summed E-state index contributed by atoms with van der Waals surface area (Å²) < 4.78 is 10.9. The molecular formula is C8H10O2. The number of rotatable bonds is 1. The summed E-state index contributed by atoms with van der Waals surface area (Å²) in [4.78, 5) is 0. The fourth-order valence-electron chi connectivity index (χ4n) is 2.03. The van der Waals surface area contributed by atoms with E-state index in [0.29, 0.717) is 6.10 Å². The van der Waals surface area contributed by atoms with Crippen LogP contribution in [0.1, 0.15) is 26.2 Å². The van der Waals surface area contributed by atoms with Gasteiger partial charge in [0.15, 0.2) is 11.4 Å². The highest BCUT2D eigenvalue weighted by Crippen LogP contribution is 2.59. The molecule has 1 saturated heterocycles. The SMILES string of the molecule is CCC12OC1CCC1=C2O1. The maximum Gasteiger partial charge on any atom is 0.176 e. The maximum absolute atomic E-state index is 5.59. The van der Waals surface area contributed by atoms with Crippen LogP contribution in [0.3, 0.4) is 0 Å². The third-order valence-corrected chi connectivity index (χ3v) is 2.80. The zero-order valence-corrected chi connectivity index (χ0v) is 6.02. The molecule has 0 aromatic carbocycles. The second-order valence-corrected chi connectivity index (χ2v) is 3.24. The van der Waals surface area contributed by atoms with E-state index in [2.05, 4.69) is 6.92 Å². The van der Waals surface area contributed by atoms with Crippen molar-refractivity contribution in [2.75, 3.05) is 0 Å². The van der Waals surface area contributed by atoms with Gasteiger partial charge in [-0.05, 0) is 12.8 Å². The molecule has 0 aromatic rings. The third-order valence-electron chi connectivity index (χ3n) is 2.80. The van der Waals surface area contributed by atoms with Crippen molar-refractivity contribution in [1.29, 1.82) is 0 Å². The van der Waals surface area contributed by atoms with Gasteiger partial charge in [-0.25, -0.2) is 0 Å². The van der Waals surface area contributed by atoms with Gasteiger partial charge in [0.2, 0.25) is 0 Å². The molecule has 54 valence electrons. The number of hydrogen-bond donors (Lipinski definition) is 0. The fraction of sp³-hybridized carbons (Fsp3) is 0.750. The average Bonchev–Trinajstić information content (AvgIpc) is 2.81. The topological polar surface area (TPSA) is 25.1 Å². The zero-order valence-electron chi connectivity index (χ0n) is 6.02. The van der Waals surface area contributed by atoms with Crippen LogP contribution in [0.4, 0.5) is 0 Å². The van der Waals surface area contributed by atoms with E-state index in [-0.39, 0.29) is 5.60 Å². The Bertz CT molecular complexity index is 231. The molecule has 2 aliphatic heterocycles. The summed E-state index contributed by atoms with van der Waals surface area (Å²) in [6.45, 7) is 2.16. The first-order valence-electron chi connectivity index (χ1n) is 3.96. The molecular weight excluding hydrogens is 128 g/mol. The van der Waals surface area contributed by atoms with Gasteiger partial charge in [0.25, 0.3) is 0 Å². The first kappa shape index (κ1) is 5.19. The molecule has 10 heavy (non-hydrogen) atoms. The largest absolute Gasteiger partial charge is 0.456 e. The van der Waals surface area contributed by atoms with Gasteiger partial charge in [-0.15, -0.1) is 0 Å². The van der Waals surface area contributed by atoms with Crippen molar-refractivity contribution in [2.24, 2.45) is 0 Å². The lowest BCUT2D eigenvalue weighted by atomic mass is 9.94. The van der Waals surface area contributed by atoms with E-state index in [4.69, 9.17) is 9.47 Å². The Kier molecular flexibility index (Phi) is 0.653. The Hall–Kier alpha value is -0.500. The molecule has 1 fully saturated rings. The Labute approximate surface area is 59.8 Å². The van der Waals surface area contributed by atoms with E-state index in [9.17, 15) is 0 Å². The number of ether oxygens (including phenoxy) is 2. The van der Waals surface area contributed by atoms with Crippen molar-refractivity contribution in [3.05, 3.63) is 11.5 Å². The van der Waals surface area contributed by atoms with Crippen molar-refractivity contribution in [3.63, 3.8) is 0 Å². The minimum atomic E-state index is 0.0770. The molecule has 2 unspecified atom stereocenters. The second kappa shape index (κ2) is 1.26. The molecule has 3 aliphatic rings. The summed E-state index contributed by atoms with van der Waals surface area (Å²) in [6.07, 6.45) is 3.86. The molecule has 2 atom stereocenters. The van der Waals surface area contributed by atoms with Crippen LogP contribution in [0, 0.1) is 0 Å². The number of fused-ring (bicyclic) bond motifs is 2. The molecule has 0 radical (unpaired) electrons. The average molecular weight is 138 g/mol. The number of hydrogen-bond acceptors (Lipinski definition) is 2. The van der Waals surface area contributed by atoms with Crippen molar-refractivity contribution < 1.29 is 9.47 Å². The van der Waals surface area contributed by atoms with E-state index >= 15 is 0 Å².